The van der Waals surface area contributed by atoms with Crippen molar-refractivity contribution in [3.63, 3.8) is 0 Å². The Hall–Kier alpha value is -0.860. The Kier molecular flexibility index (Phi) is 4.79. The first kappa shape index (κ1) is 13.6. The van der Waals surface area contributed by atoms with Crippen molar-refractivity contribution < 1.29 is 4.39 Å². The van der Waals surface area contributed by atoms with Gasteiger partial charge in [-0.05, 0) is 29.5 Å². The minimum Gasteiger partial charge on any atom is -0.205 e. The highest BCUT2D eigenvalue weighted by atomic mass is 79.9. The van der Waals surface area contributed by atoms with Gasteiger partial charge in [0.05, 0.1) is 5.02 Å². The van der Waals surface area contributed by atoms with Crippen LogP contribution in [0.1, 0.15) is 17.0 Å². The predicted molar refractivity (Wildman–Crippen MR) is 78.1 cm³/mol. The SMILES string of the molecule is Fc1c(Cl)cccc1CC(CBr)c1ccccc1. The molecule has 1 unspecified atom stereocenters. The molecule has 94 valence electrons. The first-order valence-electron chi connectivity index (χ1n) is 5.76. The van der Waals surface area contributed by atoms with E-state index in [1.54, 1.807) is 18.2 Å². The van der Waals surface area contributed by atoms with E-state index in [2.05, 4.69) is 28.1 Å². The van der Waals surface area contributed by atoms with Crippen molar-refractivity contribution in [3.8, 4) is 0 Å². The van der Waals surface area contributed by atoms with Crippen LogP contribution in [0.15, 0.2) is 48.5 Å². The van der Waals surface area contributed by atoms with Gasteiger partial charge >= 0.3 is 0 Å². The number of benzene rings is 2. The third-order valence-corrected chi connectivity index (χ3v) is 4.03. The molecule has 0 N–H and O–H groups in total. The maximum atomic E-state index is 13.9. The molecular weight excluding hydrogens is 315 g/mol. The minimum absolute atomic E-state index is 0.189. The summed E-state index contributed by atoms with van der Waals surface area (Å²) in [7, 11) is 0. The Morgan fingerprint density at radius 2 is 1.78 bits per heavy atom. The average Bonchev–Trinajstić information content (AvgIpc) is 2.41. The highest BCUT2D eigenvalue weighted by Gasteiger charge is 2.14. The standard InChI is InChI=1S/C15H13BrClF/c16-10-13(11-5-2-1-3-6-11)9-12-7-4-8-14(17)15(12)18/h1-8,13H,9-10H2. The molecule has 0 amide bonds. The van der Waals surface area contributed by atoms with Crippen LogP contribution >= 0.6 is 27.5 Å². The second-order valence-electron chi connectivity index (χ2n) is 4.18. The number of alkyl halides is 1. The van der Waals surface area contributed by atoms with E-state index in [4.69, 9.17) is 11.6 Å². The van der Waals surface area contributed by atoms with Crippen molar-refractivity contribution in [2.75, 3.05) is 5.33 Å². The van der Waals surface area contributed by atoms with E-state index < -0.39 is 0 Å². The molecule has 0 spiro atoms. The number of rotatable bonds is 4. The fourth-order valence-electron chi connectivity index (χ4n) is 1.96. The second kappa shape index (κ2) is 6.35. The van der Waals surface area contributed by atoms with Gasteiger partial charge < -0.3 is 0 Å². The molecule has 0 radical (unpaired) electrons. The lowest BCUT2D eigenvalue weighted by atomic mass is 9.93. The van der Waals surface area contributed by atoms with Gasteiger partial charge in [-0.25, -0.2) is 4.39 Å². The Balaban J connectivity index is 2.24. The van der Waals surface area contributed by atoms with Crippen LogP contribution in [0.25, 0.3) is 0 Å². The lowest BCUT2D eigenvalue weighted by molar-refractivity contribution is 0.600. The van der Waals surface area contributed by atoms with E-state index in [1.807, 2.05) is 18.2 Å². The first-order valence-corrected chi connectivity index (χ1v) is 7.26. The van der Waals surface area contributed by atoms with Crippen LogP contribution in [-0.2, 0) is 6.42 Å². The molecular formula is C15H13BrClF. The Morgan fingerprint density at radius 3 is 2.44 bits per heavy atom. The number of hydrogen-bond acceptors (Lipinski definition) is 0. The molecule has 0 nitrogen and oxygen atoms in total. The third kappa shape index (κ3) is 3.12. The van der Waals surface area contributed by atoms with Crippen molar-refractivity contribution in [1.29, 1.82) is 0 Å². The lowest BCUT2D eigenvalue weighted by Crippen LogP contribution is -2.06. The van der Waals surface area contributed by atoms with E-state index in [9.17, 15) is 4.39 Å². The van der Waals surface area contributed by atoms with Crippen LogP contribution in [0.3, 0.4) is 0 Å². The van der Waals surface area contributed by atoms with E-state index in [0.29, 0.717) is 12.0 Å². The topological polar surface area (TPSA) is 0 Å². The van der Waals surface area contributed by atoms with Crippen molar-refractivity contribution >= 4 is 27.5 Å². The number of halogens is 3. The van der Waals surface area contributed by atoms with Gasteiger partial charge in [0.2, 0.25) is 0 Å². The van der Waals surface area contributed by atoms with Gasteiger partial charge in [-0.3, -0.25) is 0 Å². The van der Waals surface area contributed by atoms with E-state index in [0.717, 1.165) is 5.33 Å². The molecule has 18 heavy (non-hydrogen) atoms. The smallest absolute Gasteiger partial charge is 0.144 e. The second-order valence-corrected chi connectivity index (χ2v) is 5.23. The van der Waals surface area contributed by atoms with Crippen molar-refractivity contribution in [3.05, 3.63) is 70.5 Å². The average molecular weight is 328 g/mol. The summed E-state index contributed by atoms with van der Waals surface area (Å²) in [5.41, 5.74) is 1.87. The summed E-state index contributed by atoms with van der Waals surface area (Å²) < 4.78 is 13.9. The first-order chi connectivity index (χ1) is 8.72. The van der Waals surface area contributed by atoms with Crippen LogP contribution < -0.4 is 0 Å². The molecule has 1 atom stereocenters. The molecule has 0 saturated carbocycles. The van der Waals surface area contributed by atoms with Crippen LogP contribution in [0, 0.1) is 5.82 Å². The molecule has 0 heterocycles. The fraction of sp³-hybridized carbons (Fsp3) is 0.200. The molecule has 0 aliphatic heterocycles. The normalized spacial score (nSPS) is 12.4. The van der Waals surface area contributed by atoms with Gasteiger partial charge in [0.15, 0.2) is 0 Å². The quantitative estimate of drug-likeness (QED) is 0.677. The largest absolute Gasteiger partial charge is 0.205 e. The van der Waals surface area contributed by atoms with Crippen LogP contribution in [0.5, 0.6) is 0 Å². The molecule has 0 aromatic heterocycles. The van der Waals surface area contributed by atoms with E-state index >= 15 is 0 Å². The summed E-state index contributed by atoms with van der Waals surface area (Å²) in [6.07, 6.45) is 0.641. The van der Waals surface area contributed by atoms with Crippen LogP contribution in [0.2, 0.25) is 5.02 Å². The minimum atomic E-state index is -0.305. The van der Waals surface area contributed by atoms with Gasteiger partial charge in [0, 0.05) is 5.33 Å². The van der Waals surface area contributed by atoms with Gasteiger partial charge in [0.1, 0.15) is 5.82 Å². The van der Waals surface area contributed by atoms with Gasteiger partial charge in [-0.1, -0.05) is 70.0 Å². The molecule has 0 bridgehead atoms. The molecule has 0 aliphatic rings. The summed E-state index contributed by atoms with van der Waals surface area (Å²) >= 11 is 9.30. The zero-order valence-electron chi connectivity index (χ0n) is 9.74. The molecule has 0 aliphatic carbocycles. The Bertz CT molecular complexity index is 513. The Labute approximate surface area is 120 Å². The monoisotopic (exact) mass is 326 g/mol. The summed E-state index contributed by atoms with van der Waals surface area (Å²) in [4.78, 5) is 0. The highest BCUT2D eigenvalue weighted by molar-refractivity contribution is 9.09. The van der Waals surface area contributed by atoms with Crippen molar-refractivity contribution in [2.24, 2.45) is 0 Å². The molecule has 2 rings (SSSR count). The maximum absolute atomic E-state index is 13.9. The fourth-order valence-corrected chi connectivity index (χ4v) is 2.76. The predicted octanol–water partition coefficient (Wildman–Crippen LogP) is 5.20. The summed E-state index contributed by atoms with van der Waals surface area (Å²) in [5, 5.41) is 0.983. The van der Waals surface area contributed by atoms with E-state index in [-0.39, 0.29) is 16.8 Å². The zero-order valence-corrected chi connectivity index (χ0v) is 12.1. The molecule has 2 aromatic carbocycles. The van der Waals surface area contributed by atoms with Gasteiger partial charge in [-0.15, -0.1) is 0 Å². The van der Waals surface area contributed by atoms with E-state index in [1.165, 1.54) is 5.56 Å². The van der Waals surface area contributed by atoms with Crippen molar-refractivity contribution in [2.45, 2.75) is 12.3 Å². The molecule has 0 saturated heterocycles. The van der Waals surface area contributed by atoms with Crippen LogP contribution in [-0.4, -0.2) is 5.33 Å². The molecule has 3 heteroatoms. The molecule has 2 aromatic rings. The summed E-state index contributed by atoms with van der Waals surface area (Å²) in [5.74, 6) is -0.0554. The summed E-state index contributed by atoms with van der Waals surface area (Å²) in [6.45, 7) is 0. The summed E-state index contributed by atoms with van der Waals surface area (Å²) in [6, 6.07) is 15.3. The zero-order chi connectivity index (χ0) is 13.0. The van der Waals surface area contributed by atoms with Crippen molar-refractivity contribution in [1.82, 2.24) is 0 Å². The van der Waals surface area contributed by atoms with Crippen LogP contribution in [0.4, 0.5) is 4.39 Å². The Morgan fingerprint density at radius 1 is 1.06 bits per heavy atom. The highest BCUT2D eigenvalue weighted by Crippen LogP contribution is 2.26. The third-order valence-electron chi connectivity index (χ3n) is 2.96. The number of hydrogen-bond donors (Lipinski definition) is 0. The van der Waals surface area contributed by atoms with Gasteiger partial charge in [-0.2, -0.15) is 0 Å². The van der Waals surface area contributed by atoms with Gasteiger partial charge in [0.25, 0.3) is 0 Å². The lowest BCUT2D eigenvalue weighted by Gasteiger charge is -2.15. The molecule has 0 fully saturated rings. The maximum Gasteiger partial charge on any atom is 0.144 e.